The van der Waals surface area contributed by atoms with Crippen LogP contribution in [0.4, 0.5) is 0 Å². The SMILES string of the molecule is CC(CC(=N)N)N(C)Cc1ccc(Br)s1. The van der Waals surface area contributed by atoms with Gasteiger partial charge >= 0.3 is 0 Å². The zero-order valence-electron chi connectivity index (χ0n) is 8.96. The van der Waals surface area contributed by atoms with Crippen LogP contribution in [0.15, 0.2) is 15.9 Å². The van der Waals surface area contributed by atoms with Crippen molar-refractivity contribution in [3.63, 3.8) is 0 Å². The molecule has 1 atom stereocenters. The first-order chi connectivity index (χ1) is 6.99. The molecule has 1 aromatic rings. The maximum atomic E-state index is 7.25. The fourth-order valence-corrected chi connectivity index (χ4v) is 2.86. The summed E-state index contributed by atoms with van der Waals surface area (Å²) in [6, 6.07) is 4.48. The van der Waals surface area contributed by atoms with E-state index >= 15 is 0 Å². The van der Waals surface area contributed by atoms with Gasteiger partial charge in [-0.25, -0.2) is 0 Å². The molecule has 0 aliphatic rings. The highest BCUT2D eigenvalue weighted by Crippen LogP contribution is 2.23. The number of nitrogens with zero attached hydrogens (tertiary/aromatic N) is 1. The van der Waals surface area contributed by atoms with Crippen molar-refractivity contribution < 1.29 is 0 Å². The molecule has 0 amide bonds. The molecule has 0 fully saturated rings. The number of nitrogens with two attached hydrogens (primary N) is 1. The number of rotatable bonds is 5. The van der Waals surface area contributed by atoms with Gasteiger partial charge in [0.15, 0.2) is 0 Å². The van der Waals surface area contributed by atoms with E-state index in [1.165, 1.54) is 4.88 Å². The first-order valence-corrected chi connectivity index (χ1v) is 6.37. The Morgan fingerprint density at radius 2 is 2.33 bits per heavy atom. The summed E-state index contributed by atoms with van der Waals surface area (Å²) in [5.41, 5.74) is 5.38. The monoisotopic (exact) mass is 289 g/mol. The molecule has 0 aromatic carbocycles. The van der Waals surface area contributed by atoms with Gasteiger partial charge in [-0.05, 0) is 42.0 Å². The number of hydrogen-bond acceptors (Lipinski definition) is 3. The summed E-state index contributed by atoms with van der Waals surface area (Å²) in [7, 11) is 2.06. The van der Waals surface area contributed by atoms with E-state index in [0.717, 1.165) is 10.3 Å². The van der Waals surface area contributed by atoms with Crippen LogP contribution in [0.3, 0.4) is 0 Å². The summed E-state index contributed by atoms with van der Waals surface area (Å²) in [5.74, 6) is 0.252. The van der Waals surface area contributed by atoms with Crippen molar-refractivity contribution in [1.29, 1.82) is 5.41 Å². The van der Waals surface area contributed by atoms with Crippen LogP contribution in [0.25, 0.3) is 0 Å². The average molecular weight is 290 g/mol. The van der Waals surface area contributed by atoms with Gasteiger partial charge in [-0.1, -0.05) is 0 Å². The molecule has 3 N–H and O–H groups in total. The van der Waals surface area contributed by atoms with Crippen LogP contribution in [0, 0.1) is 5.41 Å². The molecular weight excluding hydrogens is 274 g/mol. The van der Waals surface area contributed by atoms with Crippen LogP contribution in [0.5, 0.6) is 0 Å². The van der Waals surface area contributed by atoms with Crippen molar-refractivity contribution in [2.45, 2.75) is 25.9 Å². The van der Waals surface area contributed by atoms with Crippen LogP contribution in [0.1, 0.15) is 18.2 Å². The van der Waals surface area contributed by atoms with Crippen molar-refractivity contribution in [3.05, 3.63) is 20.8 Å². The summed E-state index contributed by atoms with van der Waals surface area (Å²) in [5, 5.41) is 7.25. The Kier molecular flexibility index (Phi) is 4.76. The highest BCUT2D eigenvalue weighted by molar-refractivity contribution is 9.11. The molecule has 0 radical (unpaired) electrons. The van der Waals surface area contributed by atoms with E-state index < -0.39 is 0 Å². The molecule has 0 aliphatic heterocycles. The first kappa shape index (κ1) is 12.7. The second-order valence-electron chi connectivity index (χ2n) is 3.70. The van der Waals surface area contributed by atoms with E-state index in [0.29, 0.717) is 12.5 Å². The second-order valence-corrected chi connectivity index (χ2v) is 6.25. The van der Waals surface area contributed by atoms with Gasteiger partial charge in [-0.15, -0.1) is 11.3 Å². The number of amidine groups is 1. The first-order valence-electron chi connectivity index (χ1n) is 4.76. The molecule has 0 saturated heterocycles. The molecule has 0 spiro atoms. The van der Waals surface area contributed by atoms with Gasteiger partial charge in [-0.3, -0.25) is 10.3 Å². The van der Waals surface area contributed by atoms with Gasteiger partial charge in [0, 0.05) is 23.9 Å². The maximum absolute atomic E-state index is 7.25. The van der Waals surface area contributed by atoms with Crippen LogP contribution in [0.2, 0.25) is 0 Å². The minimum atomic E-state index is 0.252. The third-order valence-corrected chi connectivity index (χ3v) is 3.91. The quantitative estimate of drug-likeness (QED) is 0.647. The molecule has 1 unspecified atom stereocenters. The minimum absolute atomic E-state index is 0.252. The zero-order valence-corrected chi connectivity index (χ0v) is 11.4. The largest absolute Gasteiger partial charge is 0.388 e. The summed E-state index contributed by atoms with van der Waals surface area (Å²) >= 11 is 5.19. The number of hydrogen-bond donors (Lipinski definition) is 2. The molecule has 15 heavy (non-hydrogen) atoms. The molecule has 1 aromatic heterocycles. The van der Waals surface area contributed by atoms with E-state index in [1.807, 2.05) is 0 Å². The van der Waals surface area contributed by atoms with Gasteiger partial charge in [0.05, 0.1) is 9.62 Å². The van der Waals surface area contributed by atoms with Crippen molar-refractivity contribution in [1.82, 2.24) is 4.90 Å². The van der Waals surface area contributed by atoms with E-state index in [4.69, 9.17) is 11.1 Å². The van der Waals surface area contributed by atoms with Crippen LogP contribution < -0.4 is 5.73 Å². The van der Waals surface area contributed by atoms with Crippen molar-refractivity contribution in [3.8, 4) is 0 Å². The van der Waals surface area contributed by atoms with Gasteiger partial charge in [-0.2, -0.15) is 0 Å². The summed E-state index contributed by atoms with van der Waals surface area (Å²) in [6.07, 6.45) is 0.628. The van der Waals surface area contributed by atoms with E-state index in [-0.39, 0.29) is 5.84 Å². The Morgan fingerprint density at radius 1 is 1.67 bits per heavy atom. The fourth-order valence-electron chi connectivity index (χ4n) is 1.31. The molecule has 1 heterocycles. The normalized spacial score (nSPS) is 13.1. The van der Waals surface area contributed by atoms with Crippen LogP contribution in [-0.2, 0) is 6.54 Å². The third kappa shape index (κ3) is 4.32. The van der Waals surface area contributed by atoms with E-state index in [9.17, 15) is 0 Å². The zero-order chi connectivity index (χ0) is 11.4. The standard InChI is InChI=1S/C10H16BrN3S/c1-7(5-10(12)13)14(2)6-8-3-4-9(11)15-8/h3-4,7H,5-6H2,1-2H3,(H3,12,13). The van der Waals surface area contributed by atoms with Gasteiger partial charge in [0.2, 0.25) is 0 Å². The minimum Gasteiger partial charge on any atom is -0.388 e. The lowest BCUT2D eigenvalue weighted by atomic mass is 10.2. The molecule has 0 aliphatic carbocycles. The Labute approximate surface area is 103 Å². The molecule has 5 heteroatoms. The van der Waals surface area contributed by atoms with Gasteiger partial charge in [0.25, 0.3) is 0 Å². The van der Waals surface area contributed by atoms with Gasteiger partial charge < -0.3 is 5.73 Å². The van der Waals surface area contributed by atoms with E-state index in [1.54, 1.807) is 11.3 Å². The van der Waals surface area contributed by atoms with Crippen LogP contribution in [-0.4, -0.2) is 23.8 Å². The van der Waals surface area contributed by atoms with Crippen molar-refractivity contribution in [2.75, 3.05) is 7.05 Å². The molecular formula is C10H16BrN3S. The highest BCUT2D eigenvalue weighted by atomic mass is 79.9. The lowest BCUT2D eigenvalue weighted by Gasteiger charge is -2.23. The molecule has 84 valence electrons. The summed E-state index contributed by atoms with van der Waals surface area (Å²) < 4.78 is 1.16. The topological polar surface area (TPSA) is 53.1 Å². The van der Waals surface area contributed by atoms with Gasteiger partial charge in [0.1, 0.15) is 0 Å². The Bertz CT molecular complexity index is 337. The summed E-state index contributed by atoms with van der Waals surface area (Å²) in [4.78, 5) is 3.53. The molecule has 0 bridgehead atoms. The highest BCUT2D eigenvalue weighted by Gasteiger charge is 2.11. The predicted octanol–water partition coefficient (Wildman–Crippen LogP) is 2.66. The average Bonchev–Trinajstić information content (AvgIpc) is 2.50. The van der Waals surface area contributed by atoms with Crippen molar-refractivity contribution >= 4 is 33.1 Å². The van der Waals surface area contributed by atoms with E-state index in [2.05, 4.69) is 46.9 Å². The number of halogens is 1. The Morgan fingerprint density at radius 3 is 2.80 bits per heavy atom. The Balaban J connectivity index is 2.47. The summed E-state index contributed by atoms with van der Waals surface area (Å²) in [6.45, 7) is 2.99. The fraction of sp³-hybridized carbons (Fsp3) is 0.500. The maximum Gasteiger partial charge on any atom is 0.0920 e. The number of thiophene rings is 1. The van der Waals surface area contributed by atoms with Crippen molar-refractivity contribution in [2.24, 2.45) is 5.73 Å². The third-order valence-electron chi connectivity index (χ3n) is 2.30. The smallest absolute Gasteiger partial charge is 0.0920 e. The molecule has 3 nitrogen and oxygen atoms in total. The lowest BCUT2D eigenvalue weighted by Crippen LogP contribution is -2.32. The number of nitrogens with one attached hydrogen (secondary N) is 1. The molecule has 1 rings (SSSR count). The molecule has 0 saturated carbocycles. The second kappa shape index (κ2) is 5.63. The van der Waals surface area contributed by atoms with Crippen LogP contribution >= 0.6 is 27.3 Å². The Hall–Kier alpha value is -0.390. The predicted molar refractivity (Wildman–Crippen MR) is 69.5 cm³/mol. The lowest BCUT2D eigenvalue weighted by molar-refractivity contribution is 0.256.